The van der Waals surface area contributed by atoms with E-state index in [2.05, 4.69) is 12.3 Å². The minimum atomic E-state index is -1.73. The lowest BCUT2D eigenvalue weighted by Gasteiger charge is -1.87. The molecule has 8 heavy (non-hydrogen) atoms. The molecule has 0 aromatic carbocycles. The maximum Gasteiger partial charge on any atom is 0.223 e. The third-order valence-corrected chi connectivity index (χ3v) is 0.448. The van der Waals surface area contributed by atoms with Crippen molar-refractivity contribution in [3.05, 3.63) is 24.2 Å². The summed E-state index contributed by atoms with van der Waals surface area (Å²) in [6.45, 7) is 2.46. The Morgan fingerprint density at radius 3 is 1.62 bits per heavy atom. The van der Waals surface area contributed by atoms with Crippen LogP contribution in [-0.4, -0.2) is 0 Å². The number of nitrogens with two attached hydrogens (primary N) is 1. The average molecular weight is 123 g/mol. The van der Waals surface area contributed by atoms with Crippen LogP contribution in [0.15, 0.2) is 24.2 Å². The molecule has 0 heterocycles. The molecule has 0 radical (unpaired) electrons. The molecule has 46 valence electrons. The van der Waals surface area contributed by atoms with Gasteiger partial charge in [-0.1, -0.05) is 6.58 Å². The monoisotopic (exact) mass is 123 g/mol. The van der Waals surface area contributed by atoms with Crippen LogP contribution >= 0.6 is 0 Å². The minimum absolute atomic E-state index is 1.50. The Labute approximate surface area is 44.3 Å². The van der Waals surface area contributed by atoms with Gasteiger partial charge in [-0.25, -0.2) is 4.39 Å². The van der Waals surface area contributed by atoms with Gasteiger partial charge in [0.2, 0.25) is 11.8 Å². The van der Waals surface area contributed by atoms with E-state index in [1.807, 2.05) is 0 Å². The number of rotatable bonds is 1. The minimum Gasteiger partial charge on any atom is -0.373 e. The third-order valence-electron chi connectivity index (χ3n) is 0.448. The quantitative estimate of drug-likeness (QED) is 0.415. The van der Waals surface area contributed by atoms with Crippen molar-refractivity contribution < 1.29 is 13.2 Å². The third kappa shape index (κ3) is 1.68. The molecule has 0 rings (SSSR count). The number of hydrogen-bond donors (Lipinski definition) is 1. The highest BCUT2D eigenvalue weighted by Gasteiger charge is 2.03. The van der Waals surface area contributed by atoms with Crippen LogP contribution in [0.5, 0.6) is 0 Å². The lowest BCUT2D eigenvalue weighted by atomic mass is 10.5. The molecule has 0 atom stereocenters. The standard InChI is InChI=1S/C4H4F3N/c1-2(5)3(6)4(7)8/h1,8H2/b4-3+. The first kappa shape index (κ1) is 7.07. The maximum atomic E-state index is 11.6. The summed E-state index contributed by atoms with van der Waals surface area (Å²) in [7, 11) is 0. The summed E-state index contributed by atoms with van der Waals surface area (Å²) in [5.74, 6) is -4.91. The fraction of sp³-hybridized carbons (Fsp3) is 0. The van der Waals surface area contributed by atoms with Crippen LogP contribution in [0.1, 0.15) is 0 Å². The fourth-order valence-corrected chi connectivity index (χ4v) is 0.130. The summed E-state index contributed by atoms with van der Waals surface area (Å²) < 4.78 is 34.3. The molecule has 0 aliphatic carbocycles. The first-order chi connectivity index (χ1) is 3.55. The van der Waals surface area contributed by atoms with Crippen LogP contribution in [0.2, 0.25) is 0 Å². The Morgan fingerprint density at radius 2 is 1.62 bits per heavy atom. The second kappa shape index (κ2) is 2.40. The Balaban J connectivity index is 4.23. The predicted octanol–water partition coefficient (Wildman–Crippen LogP) is 1.54. The van der Waals surface area contributed by atoms with Gasteiger partial charge in [-0.3, -0.25) is 0 Å². The zero-order chi connectivity index (χ0) is 6.73. The van der Waals surface area contributed by atoms with Crippen LogP contribution < -0.4 is 5.73 Å². The van der Waals surface area contributed by atoms with Gasteiger partial charge in [0, 0.05) is 0 Å². The lowest BCUT2D eigenvalue weighted by molar-refractivity contribution is 0.491. The van der Waals surface area contributed by atoms with E-state index in [4.69, 9.17) is 0 Å². The summed E-state index contributed by atoms with van der Waals surface area (Å²) in [5.41, 5.74) is 4.17. The summed E-state index contributed by atoms with van der Waals surface area (Å²) in [4.78, 5) is 0. The van der Waals surface area contributed by atoms with E-state index < -0.39 is 17.6 Å². The van der Waals surface area contributed by atoms with Gasteiger partial charge in [-0.2, -0.15) is 8.78 Å². The molecule has 0 unspecified atom stereocenters. The van der Waals surface area contributed by atoms with Crippen molar-refractivity contribution in [3.63, 3.8) is 0 Å². The topological polar surface area (TPSA) is 26.0 Å². The predicted molar refractivity (Wildman–Crippen MR) is 23.7 cm³/mol. The Bertz CT molecular complexity index is 134. The summed E-state index contributed by atoms with van der Waals surface area (Å²) in [6.07, 6.45) is 0. The second-order valence-electron chi connectivity index (χ2n) is 1.07. The largest absolute Gasteiger partial charge is 0.373 e. The van der Waals surface area contributed by atoms with Crippen LogP contribution in [0, 0.1) is 0 Å². The molecule has 0 amide bonds. The highest BCUT2D eigenvalue weighted by atomic mass is 19.2. The average Bonchev–Trinajstić information content (AvgIpc) is 1.64. The van der Waals surface area contributed by atoms with E-state index in [0.717, 1.165) is 0 Å². The van der Waals surface area contributed by atoms with Crippen molar-refractivity contribution in [3.8, 4) is 0 Å². The Hall–Kier alpha value is -0.930. The molecule has 0 saturated carbocycles. The molecule has 0 aromatic heterocycles. The van der Waals surface area contributed by atoms with Crippen LogP contribution in [0.4, 0.5) is 13.2 Å². The fourth-order valence-electron chi connectivity index (χ4n) is 0.130. The van der Waals surface area contributed by atoms with Crippen molar-refractivity contribution in [1.29, 1.82) is 0 Å². The molecular weight excluding hydrogens is 119 g/mol. The Morgan fingerprint density at radius 1 is 1.25 bits per heavy atom. The number of halogens is 3. The second-order valence-corrected chi connectivity index (χ2v) is 1.07. The van der Waals surface area contributed by atoms with Crippen LogP contribution in [-0.2, 0) is 0 Å². The lowest BCUT2D eigenvalue weighted by Crippen LogP contribution is -1.92. The molecule has 0 aliphatic rings. The van der Waals surface area contributed by atoms with Crippen LogP contribution in [0.3, 0.4) is 0 Å². The first-order valence-electron chi connectivity index (χ1n) is 1.71. The van der Waals surface area contributed by atoms with E-state index in [0.29, 0.717) is 0 Å². The molecular formula is C4H4F3N. The van der Waals surface area contributed by atoms with Crippen LogP contribution in [0.25, 0.3) is 0 Å². The van der Waals surface area contributed by atoms with E-state index in [-0.39, 0.29) is 0 Å². The first-order valence-corrected chi connectivity index (χ1v) is 1.71. The molecule has 0 fully saturated rings. The van der Waals surface area contributed by atoms with E-state index in [1.54, 1.807) is 0 Å². The summed E-state index contributed by atoms with van der Waals surface area (Å²) in [5, 5.41) is 0. The van der Waals surface area contributed by atoms with E-state index >= 15 is 0 Å². The molecule has 0 spiro atoms. The van der Waals surface area contributed by atoms with Gasteiger partial charge in [-0.15, -0.1) is 0 Å². The van der Waals surface area contributed by atoms with Crippen molar-refractivity contribution in [2.45, 2.75) is 0 Å². The van der Waals surface area contributed by atoms with E-state index in [1.165, 1.54) is 0 Å². The van der Waals surface area contributed by atoms with Gasteiger partial charge in [0.1, 0.15) is 0 Å². The Kier molecular flexibility index (Phi) is 2.12. The summed E-state index contributed by atoms with van der Waals surface area (Å²) >= 11 is 0. The van der Waals surface area contributed by atoms with Crippen molar-refractivity contribution in [2.24, 2.45) is 5.73 Å². The molecule has 0 bridgehead atoms. The van der Waals surface area contributed by atoms with Gasteiger partial charge in [0.05, 0.1) is 0 Å². The number of hydrogen-bond acceptors (Lipinski definition) is 1. The van der Waals surface area contributed by atoms with Crippen molar-refractivity contribution in [2.75, 3.05) is 0 Å². The zero-order valence-electron chi connectivity index (χ0n) is 3.92. The smallest absolute Gasteiger partial charge is 0.223 e. The molecule has 1 nitrogen and oxygen atoms in total. The molecule has 0 aromatic rings. The number of allylic oxidation sites excluding steroid dienone is 2. The van der Waals surface area contributed by atoms with Gasteiger partial charge < -0.3 is 5.73 Å². The van der Waals surface area contributed by atoms with Gasteiger partial charge in [0.15, 0.2) is 5.83 Å². The van der Waals surface area contributed by atoms with E-state index in [9.17, 15) is 13.2 Å². The normalized spacial score (nSPS) is 12.9. The van der Waals surface area contributed by atoms with Crippen molar-refractivity contribution >= 4 is 0 Å². The highest BCUT2D eigenvalue weighted by Crippen LogP contribution is 2.12. The highest BCUT2D eigenvalue weighted by molar-refractivity contribution is 5.16. The maximum absolute atomic E-state index is 11.6. The molecule has 0 saturated heterocycles. The van der Waals surface area contributed by atoms with Gasteiger partial charge in [0.25, 0.3) is 0 Å². The van der Waals surface area contributed by atoms with Crippen molar-refractivity contribution in [1.82, 2.24) is 0 Å². The summed E-state index contributed by atoms with van der Waals surface area (Å²) in [6, 6.07) is 0. The molecule has 2 N–H and O–H groups in total. The SMILES string of the molecule is C=C(F)/C(F)=C(\N)F. The van der Waals surface area contributed by atoms with Gasteiger partial charge >= 0.3 is 0 Å². The zero-order valence-corrected chi connectivity index (χ0v) is 3.92. The molecule has 4 heteroatoms. The van der Waals surface area contributed by atoms with Gasteiger partial charge in [-0.05, 0) is 0 Å². The molecule has 0 aliphatic heterocycles.